The van der Waals surface area contributed by atoms with Gasteiger partial charge in [-0.1, -0.05) is 11.8 Å². The molecule has 6 heteroatoms. The quantitative estimate of drug-likeness (QED) is 0.848. The van der Waals surface area contributed by atoms with E-state index in [1.807, 2.05) is 12.3 Å². The van der Waals surface area contributed by atoms with E-state index in [2.05, 4.69) is 22.1 Å². The minimum absolute atomic E-state index is 0.138. The minimum atomic E-state index is -0.178. The van der Waals surface area contributed by atoms with E-state index in [1.54, 1.807) is 11.4 Å². The molecule has 0 spiro atoms. The highest BCUT2D eigenvalue weighted by atomic mass is 32.1. The summed E-state index contributed by atoms with van der Waals surface area (Å²) in [4.78, 5) is 16.9. The van der Waals surface area contributed by atoms with E-state index in [0.717, 1.165) is 15.6 Å². The third kappa shape index (κ3) is 3.89. The second kappa shape index (κ2) is 6.48. The number of hydrogen-bond donors (Lipinski definition) is 2. The third-order valence-corrected chi connectivity index (χ3v) is 4.03. The van der Waals surface area contributed by atoms with Crippen LogP contribution in [-0.4, -0.2) is 22.6 Å². The van der Waals surface area contributed by atoms with E-state index in [-0.39, 0.29) is 12.5 Å². The van der Waals surface area contributed by atoms with Crippen molar-refractivity contribution in [3.05, 3.63) is 38.0 Å². The summed E-state index contributed by atoms with van der Waals surface area (Å²) in [6, 6.07) is 1.72. The molecule has 0 radical (unpaired) electrons. The lowest BCUT2D eigenvalue weighted by Gasteiger charge is -1.99. The molecule has 0 unspecified atom stereocenters. The Morgan fingerprint density at radius 2 is 2.32 bits per heavy atom. The normalized spacial score (nSPS) is 9.79. The first-order chi connectivity index (χ1) is 9.19. The average Bonchev–Trinajstić information content (AvgIpc) is 3.02. The summed E-state index contributed by atoms with van der Waals surface area (Å²) in [5, 5.41) is 16.0. The van der Waals surface area contributed by atoms with Crippen molar-refractivity contribution in [3.8, 4) is 11.8 Å². The number of hydrogen-bond acceptors (Lipinski definition) is 5. The molecule has 1 amide bonds. The van der Waals surface area contributed by atoms with Crippen LogP contribution >= 0.6 is 22.7 Å². The maximum atomic E-state index is 11.9. The van der Waals surface area contributed by atoms with Crippen LogP contribution in [0.1, 0.15) is 25.9 Å². The lowest BCUT2D eigenvalue weighted by atomic mass is 10.3. The van der Waals surface area contributed by atoms with Crippen molar-refractivity contribution in [3.63, 3.8) is 0 Å². The van der Waals surface area contributed by atoms with Crippen molar-refractivity contribution in [2.24, 2.45) is 0 Å². The van der Waals surface area contributed by atoms with Crippen LogP contribution in [-0.2, 0) is 6.54 Å². The van der Waals surface area contributed by atoms with Crippen LogP contribution in [0.2, 0.25) is 0 Å². The van der Waals surface area contributed by atoms with Gasteiger partial charge in [0.15, 0.2) is 0 Å². The van der Waals surface area contributed by atoms with Crippen molar-refractivity contribution in [2.45, 2.75) is 13.5 Å². The molecule has 0 aliphatic rings. The molecular weight excluding hydrogens is 280 g/mol. The van der Waals surface area contributed by atoms with Gasteiger partial charge in [-0.3, -0.25) is 4.79 Å². The second-order valence-electron chi connectivity index (χ2n) is 3.72. The Kier molecular flexibility index (Phi) is 4.68. The van der Waals surface area contributed by atoms with E-state index < -0.39 is 0 Å². The number of aryl methyl sites for hydroxylation is 1. The van der Waals surface area contributed by atoms with Crippen LogP contribution in [0.3, 0.4) is 0 Å². The molecule has 0 aliphatic heterocycles. The molecule has 4 nitrogen and oxygen atoms in total. The molecule has 2 rings (SSSR count). The van der Waals surface area contributed by atoms with Crippen molar-refractivity contribution >= 4 is 28.6 Å². The molecule has 0 bridgehead atoms. The maximum Gasteiger partial charge on any atom is 0.252 e. The Bertz CT molecular complexity index is 634. The van der Waals surface area contributed by atoms with E-state index in [0.29, 0.717) is 12.1 Å². The monoisotopic (exact) mass is 292 g/mol. The molecule has 0 aromatic carbocycles. The van der Waals surface area contributed by atoms with E-state index in [9.17, 15) is 4.79 Å². The number of thiazole rings is 1. The van der Waals surface area contributed by atoms with Gasteiger partial charge in [0.25, 0.3) is 5.91 Å². The molecule has 0 atom stereocenters. The number of nitrogens with one attached hydrogen (secondary N) is 1. The first kappa shape index (κ1) is 13.7. The van der Waals surface area contributed by atoms with Gasteiger partial charge in [-0.25, -0.2) is 4.98 Å². The van der Waals surface area contributed by atoms with Gasteiger partial charge in [-0.15, -0.1) is 22.7 Å². The predicted molar refractivity (Wildman–Crippen MR) is 76.3 cm³/mol. The van der Waals surface area contributed by atoms with Crippen LogP contribution in [0, 0.1) is 18.8 Å². The Balaban J connectivity index is 1.94. The topological polar surface area (TPSA) is 62.2 Å². The van der Waals surface area contributed by atoms with Gasteiger partial charge in [0.1, 0.15) is 11.6 Å². The van der Waals surface area contributed by atoms with Gasteiger partial charge in [-0.05, 0) is 13.0 Å². The molecule has 2 aromatic rings. The Hall–Kier alpha value is -1.68. The number of thiophene rings is 1. The zero-order valence-corrected chi connectivity index (χ0v) is 11.9. The third-order valence-electron chi connectivity index (χ3n) is 2.22. The van der Waals surface area contributed by atoms with Gasteiger partial charge >= 0.3 is 0 Å². The number of carbonyl (C=O) groups excluding carboxylic acids is 1. The molecule has 0 fully saturated rings. The zero-order chi connectivity index (χ0) is 13.7. The summed E-state index contributed by atoms with van der Waals surface area (Å²) < 4.78 is 0. The Labute approximate surface area is 119 Å². The molecular formula is C13H12N2O2S2. The van der Waals surface area contributed by atoms with Gasteiger partial charge in [-0.2, -0.15) is 0 Å². The van der Waals surface area contributed by atoms with E-state index in [4.69, 9.17) is 5.11 Å². The highest BCUT2D eigenvalue weighted by molar-refractivity contribution is 7.10. The second-order valence-corrected chi connectivity index (χ2v) is 5.58. The first-order valence-corrected chi connectivity index (χ1v) is 7.32. The number of aromatic nitrogens is 1. The molecule has 0 saturated heterocycles. The number of amides is 1. The number of aliphatic hydroxyl groups excluding tert-OH is 1. The Morgan fingerprint density at radius 1 is 1.47 bits per heavy atom. The number of rotatable bonds is 3. The van der Waals surface area contributed by atoms with Crippen LogP contribution in [0.25, 0.3) is 0 Å². The SMILES string of the molecule is Cc1csc(CNC(=O)c2csc(C#CCO)c2)n1. The van der Waals surface area contributed by atoms with Gasteiger partial charge in [0.2, 0.25) is 0 Å². The van der Waals surface area contributed by atoms with Crippen molar-refractivity contribution in [2.75, 3.05) is 6.61 Å². The summed E-state index contributed by atoms with van der Waals surface area (Å²) >= 11 is 2.91. The standard InChI is InChI=1S/C13H12N2O2S2/c1-9-7-19-12(15-9)6-14-13(17)10-5-11(18-8-10)3-2-4-16/h5,7-8,16H,4,6H2,1H3,(H,14,17). The van der Waals surface area contributed by atoms with Crippen molar-refractivity contribution in [1.82, 2.24) is 10.3 Å². The van der Waals surface area contributed by atoms with Crippen molar-refractivity contribution in [1.29, 1.82) is 0 Å². The summed E-state index contributed by atoms with van der Waals surface area (Å²) in [5.41, 5.74) is 1.55. The highest BCUT2D eigenvalue weighted by Gasteiger charge is 2.08. The minimum Gasteiger partial charge on any atom is -0.384 e. The van der Waals surface area contributed by atoms with Crippen LogP contribution in [0.15, 0.2) is 16.8 Å². The molecule has 19 heavy (non-hydrogen) atoms. The lowest BCUT2D eigenvalue weighted by molar-refractivity contribution is 0.0951. The summed E-state index contributed by atoms with van der Waals surface area (Å²) in [6.07, 6.45) is 0. The molecule has 0 aliphatic carbocycles. The predicted octanol–water partition coefficient (Wildman–Crippen LogP) is 1.79. The summed E-state index contributed by atoms with van der Waals surface area (Å²) in [5.74, 6) is 5.19. The average molecular weight is 292 g/mol. The van der Waals surface area contributed by atoms with Crippen LogP contribution in [0.5, 0.6) is 0 Å². The fraction of sp³-hybridized carbons (Fsp3) is 0.231. The first-order valence-electron chi connectivity index (χ1n) is 5.56. The fourth-order valence-electron chi connectivity index (χ4n) is 1.39. The lowest BCUT2D eigenvalue weighted by Crippen LogP contribution is -2.22. The maximum absolute atomic E-state index is 11.9. The molecule has 0 saturated carbocycles. The van der Waals surface area contributed by atoms with E-state index in [1.165, 1.54) is 22.7 Å². The van der Waals surface area contributed by atoms with Crippen LogP contribution < -0.4 is 5.32 Å². The van der Waals surface area contributed by atoms with Gasteiger partial charge in [0, 0.05) is 16.5 Å². The summed E-state index contributed by atoms with van der Waals surface area (Å²) in [7, 11) is 0. The van der Waals surface area contributed by atoms with Crippen molar-refractivity contribution < 1.29 is 9.90 Å². The smallest absolute Gasteiger partial charge is 0.252 e. The molecule has 98 valence electrons. The Morgan fingerprint density at radius 3 is 3.00 bits per heavy atom. The highest BCUT2D eigenvalue weighted by Crippen LogP contribution is 2.14. The van der Waals surface area contributed by atoms with Gasteiger partial charge < -0.3 is 10.4 Å². The number of carbonyl (C=O) groups is 1. The van der Waals surface area contributed by atoms with E-state index >= 15 is 0 Å². The number of nitrogens with zero attached hydrogens (tertiary/aromatic N) is 1. The molecule has 2 N–H and O–H groups in total. The molecule has 2 aromatic heterocycles. The zero-order valence-electron chi connectivity index (χ0n) is 10.3. The number of aliphatic hydroxyl groups is 1. The van der Waals surface area contributed by atoms with Crippen LogP contribution in [0.4, 0.5) is 0 Å². The fourth-order valence-corrected chi connectivity index (χ4v) is 2.86. The molecule has 2 heterocycles. The van der Waals surface area contributed by atoms with Gasteiger partial charge in [0.05, 0.1) is 17.0 Å². The summed E-state index contributed by atoms with van der Waals surface area (Å²) in [6.45, 7) is 2.18. The largest absolute Gasteiger partial charge is 0.384 e.